The number of amides is 2. The molecule has 41 heavy (non-hydrogen) atoms. The zero-order valence-corrected chi connectivity index (χ0v) is 25.1. The number of anilines is 1. The Labute approximate surface area is 246 Å². The maximum atomic E-state index is 14.0. The Balaban J connectivity index is 2.08. The first kappa shape index (κ1) is 32.1. The van der Waals surface area contributed by atoms with Gasteiger partial charge in [-0.15, -0.1) is 0 Å². The SMILES string of the molecule is CC(C)NC(=O)[C@H](Cc1ccccc1)N(Cc1cccc(Br)c1)C(=O)CN(c1cccc(C(F)(F)F)c1)S(C)(=O)=O. The molecule has 1 atom stereocenters. The van der Waals surface area contributed by atoms with Gasteiger partial charge in [-0.25, -0.2) is 8.42 Å². The molecule has 0 bridgehead atoms. The number of carbonyl (C=O) groups excluding carboxylic acids is 2. The predicted molar refractivity (Wildman–Crippen MR) is 156 cm³/mol. The molecule has 0 heterocycles. The molecule has 7 nitrogen and oxygen atoms in total. The Morgan fingerprint density at radius 2 is 1.56 bits per heavy atom. The highest BCUT2D eigenvalue weighted by molar-refractivity contribution is 9.10. The lowest BCUT2D eigenvalue weighted by Gasteiger charge is -2.34. The number of benzene rings is 3. The zero-order chi connectivity index (χ0) is 30.4. The number of carbonyl (C=O) groups is 2. The van der Waals surface area contributed by atoms with Crippen LogP contribution in [0.25, 0.3) is 0 Å². The molecule has 0 aliphatic carbocycles. The summed E-state index contributed by atoms with van der Waals surface area (Å²) in [6.45, 7) is 2.68. The molecular formula is C29H31BrF3N3O4S. The van der Waals surface area contributed by atoms with Crippen LogP contribution in [0, 0.1) is 0 Å². The maximum absolute atomic E-state index is 14.0. The second-order valence-electron chi connectivity index (χ2n) is 9.84. The van der Waals surface area contributed by atoms with E-state index in [1.165, 1.54) is 11.0 Å². The van der Waals surface area contributed by atoms with E-state index in [4.69, 9.17) is 0 Å². The molecule has 12 heteroatoms. The van der Waals surface area contributed by atoms with Crippen LogP contribution in [0.3, 0.4) is 0 Å². The number of alkyl halides is 3. The largest absolute Gasteiger partial charge is 0.416 e. The molecule has 0 spiro atoms. The monoisotopic (exact) mass is 653 g/mol. The van der Waals surface area contributed by atoms with Gasteiger partial charge in [0.15, 0.2) is 0 Å². The molecule has 220 valence electrons. The van der Waals surface area contributed by atoms with E-state index in [0.29, 0.717) is 15.9 Å². The second kappa shape index (κ2) is 13.5. The van der Waals surface area contributed by atoms with Gasteiger partial charge in [-0.05, 0) is 55.3 Å². The second-order valence-corrected chi connectivity index (χ2v) is 12.7. The van der Waals surface area contributed by atoms with Crippen LogP contribution in [0.15, 0.2) is 83.3 Å². The number of nitrogens with one attached hydrogen (secondary N) is 1. The minimum atomic E-state index is -4.72. The van der Waals surface area contributed by atoms with Crippen molar-refractivity contribution in [2.24, 2.45) is 0 Å². The van der Waals surface area contributed by atoms with Crippen LogP contribution in [0.5, 0.6) is 0 Å². The predicted octanol–water partition coefficient (Wildman–Crippen LogP) is 5.40. The van der Waals surface area contributed by atoms with E-state index in [1.54, 1.807) is 50.2 Å². The van der Waals surface area contributed by atoms with Gasteiger partial charge in [0.2, 0.25) is 21.8 Å². The number of halogens is 4. The lowest BCUT2D eigenvalue weighted by atomic mass is 10.0. The molecule has 3 rings (SSSR count). The standard InChI is InChI=1S/C29H31BrF3N3O4S/c1-20(2)34-28(38)26(16-21-9-5-4-6-10-21)35(18-22-11-7-13-24(30)15-22)27(37)19-36(41(3,39)40)25-14-8-12-23(17-25)29(31,32)33/h4-15,17,20,26H,16,18-19H2,1-3H3,(H,34,38)/t26-/m0/s1. The van der Waals surface area contributed by atoms with E-state index in [9.17, 15) is 31.2 Å². The van der Waals surface area contributed by atoms with Crippen molar-refractivity contribution in [2.75, 3.05) is 17.1 Å². The molecule has 0 saturated carbocycles. The van der Waals surface area contributed by atoms with E-state index in [-0.39, 0.29) is 24.7 Å². The van der Waals surface area contributed by atoms with Gasteiger partial charge in [-0.1, -0.05) is 64.5 Å². The summed E-state index contributed by atoms with van der Waals surface area (Å²) in [6.07, 6.45) is -3.78. The van der Waals surface area contributed by atoms with Crippen LogP contribution < -0.4 is 9.62 Å². The van der Waals surface area contributed by atoms with Crippen molar-refractivity contribution < 1.29 is 31.2 Å². The van der Waals surface area contributed by atoms with Gasteiger partial charge < -0.3 is 10.2 Å². The summed E-state index contributed by atoms with van der Waals surface area (Å²) in [7, 11) is -4.20. The summed E-state index contributed by atoms with van der Waals surface area (Å²) in [5, 5.41) is 2.84. The third kappa shape index (κ3) is 9.32. The zero-order valence-electron chi connectivity index (χ0n) is 22.7. The summed E-state index contributed by atoms with van der Waals surface area (Å²) >= 11 is 3.40. The first-order chi connectivity index (χ1) is 19.1. The highest BCUT2D eigenvalue weighted by Crippen LogP contribution is 2.32. The minimum absolute atomic E-state index is 0.0541. The summed E-state index contributed by atoms with van der Waals surface area (Å²) < 4.78 is 67.1. The fourth-order valence-electron chi connectivity index (χ4n) is 4.22. The molecule has 0 saturated heterocycles. The van der Waals surface area contributed by atoms with Gasteiger partial charge in [0, 0.05) is 23.5 Å². The molecule has 0 unspecified atom stereocenters. The van der Waals surface area contributed by atoms with E-state index < -0.39 is 46.2 Å². The molecular weight excluding hydrogens is 623 g/mol. The van der Waals surface area contributed by atoms with Gasteiger partial charge in [0.1, 0.15) is 12.6 Å². The van der Waals surface area contributed by atoms with Gasteiger partial charge in [0.25, 0.3) is 0 Å². The van der Waals surface area contributed by atoms with Crippen LogP contribution in [0.1, 0.15) is 30.5 Å². The van der Waals surface area contributed by atoms with Crippen LogP contribution in [-0.4, -0.2) is 50.0 Å². The third-order valence-corrected chi connectivity index (χ3v) is 7.72. The topological polar surface area (TPSA) is 86.8 Å². The Kier molecular flexibility index (Phi) is 10.6. The molecule has 0 aliphatic rings. The van der Waals surface area contributed by atoms with Crippen molar-refractivity contribution in [3.05, 3.63) is 100 Å². The van der Waals surface area contributed by atoms with Crippen molar-refractivity contribution in [3.8, 4) is 0 Å². The first-order valence-corrected chi connectivity index (χ1v) is 15.3. The number of rotatable bonds is 11. The Morgan fingerprint density at radius 1 is 0.927 bits per heavy atom. The summed E-state index contributed by atoms with van der Waals surface area (Å²) in [5.41, 5.74) is 0.0547. The molecule has 2 amide bonds. The Hall–Kier alpha value is -3.38. The minimum Gasteiger partial charge on any atom is -0.352 e. The highest BCUT2D eigenvalue weighted by atomic mass is 79.9. The van der Waals surface area contributed by atoms with Crippen LogP contribution >= 0.6 is 15.9 Å². The number of hydrogen-bond donors (Lipinski definition) is 1. The lowest BCUT2D eigenvalue weighted by molar-refractivity contribution is -0.140. The Morgan fingerprint density at radius 3 is 2.15 bits per heavy atom. The summed E-state index contributed by atoms with van der Waals surface area (Å²) in [5.74, 6) is -1.20. The number of hydrogen-bond acceptors (Lipinski definition) is 4. The smallest absolute Gasteiger partial charge is 0.352 e. The van der Waals surface area contributed by atoms with E-state index >= 15 is 0 Å². The molecule has 3 aromatic rings. The van der Waals surface area contributed by atoms with Crippen molar-refractivity contribution >= 4 is 43.5 Å². The first-order valence-electron chi connectivity index (χ1n) is 12.7. The van der Waals surface area contributed by atoms with E-state index in [1.807, 2.05) is 18.2 Å². The number of nitrogens with zero attached hydrogens (tertiary/aromatic N) is 2. The average molecular weight is 655 g/mol. The van der Waals surface area contributed by atoms with Crippen LogP contribution in [0.4, 0.5) is 18.9 Å². The quantitative estimate of drug-likeness (QED) is 0.300. The van der Waals surface area contributed by atoms with E-state index in [0.717, 1.165) is 28.4 Å². The van der Waals surface area contributed by atoms with Crippen LogP contribution in [0.2, 0.25) is 0 Å². The fourth-order valence-corrected chi connectivity index (χ4v) is 5.51. The lowest BCUT2D eigenvalue weighted by Crippen LogP contribution is -2.54. The van der Waals surface area contributed by atoms with Crippen molar-refractivity contribution in [1.82, 2.24) is 10.2 Å². The number of sulfonamides is 1. The van der Waals surface area contributed by atoms with Crippen molar-refractivity contribution in [3.63, 3.8) is 0 Å². The van der Waals surface area contributed by atoms with Crippen molar-refractivity contribution in [2.45, 2.75) is 45.1 Å². The molecule has 0 fully saturated rings. The van der Waals surface area contributed by atoms with Gasteiger partial charge in [-0.3, -0.25) is 13.9 Å². The third-order valence-electron chi connectivity index (χ3n) is 6.08. The molecule has 0 radical (unpaired) electrons. The normalized spacial score (nSPS) is 12.6. The van der Waals surface area contributed by atoms with Gasteiger partial charge >= 0.3 is 6.18 Å². The molecule has 0 aromatic heterocycles. The molecule has 3 aromatic carbocycles. The highest BCUT2D eigenvalue weighted by Gasteiger charge is 2.35. The molecule has 1 N–H and O–H groups in total. The summed E-state index contributed by atoms with van der Waals surface area (Å²) in [6, 6.07) is 18.6. The van der Waals surface area contributed by atoms with Crippen molar-refractivity contribution in [1.29, 1.82) is 0 Å². The maximum Gasteiger partial charge on any atom is 0.416 e. The van der Waals surface area contributed by atoms with Gasteiger partial charge in [-0.2, -0.15) is 13.2 Å². The average Bonchev–Trinajstić information content (AvgIpc) is 2.88. The van der Waals surface area contributed by atoms with E-state index in [2.05, 4.69) is 21.2 Å². The Bertz CT molecular complexity index is 1470. The molecule has 0 aliphatic heterocycles. The van der Waals surface area contributed by atoms with Crippen LogP contribution in [-0.2, 0) is 38.8 Å². The van der Waals surface area contributed by atoms with Gasteiger partial charge in [0.05, 0.1) is 17.5 Å². The summed E-state index contributed by atoms with van der Waals surface area (Å²) in [4.78, 5) is 28.7. The fraction of sp³-hybridized carbons (Fsp3) is 0.310.